The highest BCUT2D eigenvalue weighted by molar-refractivity contribution is 5.54. The summed E-state index contributed by atoms with van der Waals surface area (Å²) < 4.78 is 5.54. The van der Waals surface area contributed by atoms with Gasteiger partial charge < -0.3 is 9.73 Å². The molecular weight excluding hydrogens is 228 g/mol. The molecule has 0 atom stereocenters. The van der Waals surface area contributed by atoms with Gasteiger partial charge in [0, 0.05) is 18.5 Å². The van der Waals surface area contributed by atoms with E-state index in [4.69, 9.17) is 9.68 Å². The molecule has 1 aromatic carbocycles. The predicted molar refractivity (Wildman–Crippen MR) is 66.7 cm³/mol. The van der Waals surface area contributed by atoms with Crippen molar-refractivity contribution < 1.29 is 4.42 Å². The average molecular weight is 242 g/mol. The lowest BCUT2D eigenvalue weighted by Crippen LogP contribution is -2.16. The van der Waals surface area contributed by atoms with Gasteiger partial charge in [0.05, 0.1) is 11.6 Å². The second-order valence-electron chi connectivity index (χ2n) is 3.79. The van der Waals surface area contributed by atoms with Gasteiger partial charge in [0.25, 0.3) is 0 Å². The van der Waals surface area contributed by atoms with Crippen LogP contribution in [0.15, 0.2) is 28.7 Å². The highest BCUT2D eigenvalue weighted by Gasteiger charge is 2.07. The standard InChI is InChI=1S/C13H14N4O/c1-2-15-8-7-12-16-17-13(18-12)11-5-3-10(9-14)4-6-11/h3-6,15H,2,7-8H2,1H3. The summed E-state index contributed by atoms with van der Waals surface area (Å²) in [5, 5.41) is 19.9. The van der Waals surface area contributed by atoms with Gasteiger partial charge in [0.15, 0.2) is 0 Å². The van der Waals surface area contributed by atoms with E-state index in [1.54, 1.807) is 24.3 Å². The van der Waals surface area contributed by atoms with E-state index in [0.29, 0.717) is 17.3 Å². The molecule has 0 radical (unpaired) electrons. The van der Waals surface area contributed by atoms with Crippen LogP contribution < -0.4 is 5.32 Å². The lowest BCUT2D eigenvalue weighted by Gasteiger charge is -1.96. The van der Waals surface area contributed by atoms with Crippen LogP contribution in [0.5, 0.6) is 0 Å². The van der Waals surface area contributed by atoms with Gasteiger partial charge in [-0.2, -0.15) is 5.26 Å². The van der Waals surface area contributed by atoms with Crippen LogP contribution in [0.3, 0.4) is 0 Å². The van der Waals surface area contributed by atoms with Crippen LogP contribution in [0.2, 0.25) is 0 Å². The molecule has 0 saturated heterocycles. The van der Waals surface area contributed by atoms with E-state index in [0.717, 1.165) is 25.1 Å². The molecule has 0 aliphatic rings. The summed E-state index contributed by atoms with van der Waals surface area (Å²) in [6.07, 6.45) is 0.719. The molecule has 1 aromatic heterocycles. The summed E-state index contributed by atoms with van der Waals surface area (Å²) in [6.45, 7) is 3.80. The SMILES string of the molecule is CCNCCc1nnc(-c2ccc(C#N)cc2)o1. The zero-order chi connectivity index (χ0) is 12.8. The number of nitrogens with zero attached hydrogens (tertiary/aromatic N) is 3. The summed E-state index contributed by atoms with van der Waals surface area (Å²) in [6, 6.07) is 9.15. The van der Waals surface area contributed by atoms with Gasteiger partial charge in [-0.05, 0) is 30.8 Å². The topological polar surface area (TPSA) is 74.7 Å². The number of rotatable bonds is 5. The monoisotopic (exact) mass is 242 g/mol. The van der Waals surface area contributed by atoms with Crippen LogP contribution in [-0.4, -0.2) is 23.3 Å². The maximum absolute atomic E-state index is 8.72. The van der Waals surface area contributed by atoms with Gasteiger partial charge in [-0.1, -0.05) is 6.92 Å². The molecule has 5 heteroatoms. The Kier molecular flexibility index (Phi) is 4.05. The molecule has 1 heterocycles. The Labute approximate surface area is 105 Å². The van der Waals surface area contributed by atoms with Crippen molar-refractivity contribution >= 4 is 0 Å². The van der Waals surface area contributed by atoms with Gasteiger partial charge in [-0.25, -0.2) is 0 Å². The van der Waals surface area contributed by atoms with Crippen molar-refractivity contribution in [3.8, 4) is 17.5 Å². The highest BCUT2D eigenvalue weighted by Crippen LogP contribution is 2.18. The molecule has 0 bridgehead atoms. The molecule has 0 unspecified atom stereocenters. The number of hydrogen-bond donors (Lipinski definition) is 1. The quantitative estimate of drug-likeness (QED) is 0.808. The lowest BCUT2D eigenvalue weighted by molar-refractivity contribution is 0.496. The minimum Gasteiger partial charge on any atom is -0.421 e. The average Bonchev–Trinajstić information content (AvgIpc) is 2.88. The Morgan fingerprint density at radius 3 is 2.72 bits per heavy atom. The van der Waals surface area contributed by atoms with Gasteiger partial charge >= 0.3 is 0 Å². The number of nitriles is 1. The normalized spacial score (nSPS) is 10.2. The Morgan fingerprint density at radius 2 is 2.06 bits per heavy atom. The van der Waals surface area contributed by atoms with Gasteiger partial charge in [0.1, 0.15) is 0 Å². The molecule has 2 aromatic rings. The van der Waals surface area contributed by atoms with Crippen molar-refractivity contribution in [2.45, 2.75) is 13.3 Å². The first-order valence-corrected chi connectivity index (χ1v) is 5.87. The van der Waals surface area contributed by atoms with Gasteiger partial charge in [-0.15, -0.1) is 10.2 Å². The summed E-state index contributed by atoms with van der Waals surface area (Å²) in [5.41, 5.74) is 1.45. The number of benzene rings is 1. The minimum atomic E-state index is 0.492. The number of likely N-dealkylation sites (N-methyl/N-ethyl adjacent to an activating group) is 1. The lowest BCUT2D eigenvalue weighted by atomic mass is 10.1. The van der Waals surface area contributed by atoms with Crippen LogP contribution in [0, 0.1) is 11.3 Å². The molecular formula is C13H14N4O. The second-order valence-corrected chi connectivity index (χ2v) is 3.79. The maximum atomic E-state index is 8.72. The summed E-state index contributed by atoms with van der Waals surface area (Å²) >= 11 is 0. The fraction of sp³-hybridized carbons (Fsp3) is 0.308. The fourth-order valence-corrected chi connectivity index (χ4v) is 1.53. The van der Waals surface area contributed by atoms with Gasteiger partial charge in [-0.3, -0.25) is 0 Å². The zero-order valence-electron chi connectivity index (χ0n) is 10.2. The maximum Gasteiger partial charge on any atom is 0.247 e. The first-order valence-electron chi connectivity index (χ1n) is 5.87. The Hall–Kier alpha value is -2.19. The van der Waals surface area contributed by atoms with Crippen molar-refractivity contribution in [2.75, 3.05) is 13.1 Å². The minimum absolute atomic E-state index is 0.492. The smallest absolute Gasteiger partial charge is 0.247 e. The molecule has 0 amide bonds. The summed E-state index contributed by atoms with van der Waals surface area (Å²) in [4.78, 5) is 0. The first kappa shape index (κ1) is 12.3. The van der Waals surface area contributed by atoms with Crippen LogP contribution in [-0.2, 0) is 6.42 Å². The molecule has 0 saturated carbocycles. The molecule has 2 rings (SSSR count). The molecule has 92 valence electrons. The number of aromatic nitrogens is 2. The Morgan fingerprint density at radius 1 is 1.28 bits per heavy atom. The van der Waals surface area contributed by atoms with E-state index >= 15 is 0 Å². The van der Waals surface area contributed by atoms with Crippen molar-refractivity contribution in [3.63, 3.8) is 0 Å². The van der Waals surface area contributed by atoms with Crippen LogP contribution in [0.1, 0.15) is 18.4 Å². The van der Waals surface area contributed by atoms with Crippen molar-refractivity contribution in [3.05, 3.63) is 35.7 Å². The number of hydrogen-bond acceptors (Lipinski definition) is 5. The van der Waals surface area contributed by atoms with E-state index in [9.17, 15) is 0 Å². The molecule has 0 aliphatic heterocycles. The van der Waals surface area contributed by atoms with Crippen molar-refractivity contribution in [1.29, 1.82) is 5.26 Å². The van der Waals surface area contributed by atoms with E-state index in [2.05, 4.69) is 28.5 Å². The van der Waals surface area contributed by atoms with Crippen LogP contribution in [0.25, 0.3) is 11.5 Å². The molecule has 5 nitrogen and oxygen atoms in total. The summed E-state index contributed by atoms with van der Waals surface area (Å²) in [7, 11) is 0. The van der Waals surface area contributed by atoms with Crippen LogP contribution in [0.4, 0.5) is 0 Å². The Balaban J connectivity index is 2.06. The molecule has 0 aliphatic carbocycles. The van der Waals surface area contributed by atoms with E-state index in [1.807, 2.05) is 0 Å². The van der Waals surface area contributed by atoms with Gasteiger partial charge in [0.2, 0.25) is 11.8 Å². The molecule has 0 fully saturated rings. The van der Waals surface area contributed by atoms with Crippen molar-refractivity contribution in [2.24, 2.45) is 0 Å². The van der Waals surface area contributed by atoms with E-state index in [1.165, 1.54) is 0 Å². The Bertz CT molecular complexity index is 539. The number of nitrogens with one attached hydrogen (secondary N) is 1. The molecule has 0 spiro atoms. The zero-order valence-corrected chi connectivity index (χ0v) is 10.2. The van der Waals surface area contributed by atoms with E-state index in [-0.39, 0.29) is 0 Å². The highest BCUT2D eigenvalue weighted by atomic mass is 16.4. The third-order valence-corrected chi connectivity index (χ3v) is 2.49. The summed E-state index contributed by atoms with van der Waals surface area (Å²) in [5.74, 6) is 1.11. The van der Waals surface area contributed by atoms with Crippen molar-refractivity contribution in [1.82, 2.24) is 15.5 Å². The fourth-order valence-electron chi connectivity index (χ4n) is 1.53. The second kappa shape index (κ2) is 5.94. The first-order chi connectivity index (χ1) is 8.83. The largest absolute Gasteiger partial charge is 0.421 e. The predicted octanol–water partition coefficient (Wildman–Crippen LogP) is 1.76. The van der Waals surface area contributed by atoms with Crippen LogP contribution >= 0.6 is 0 Å². The molecule has 1 N–H and O–H groups in total. The third-order valence-electron chi connectivity index (χ3n) is 2.49. The van der Waals surface area contributed by atoms with E-state index < -0.39 is 0 Å². The molecule has 18 heavy (non-hydrogen) atoms. The third kappa shape index (κ3) is 2.93.